The number of benzene rings is 1. The summed E-state index contributed by atoms with van der Waals surface area (Å²) in [6, 6.07) is 7.59. The van der Waals surface area contributed by atoms with Crippen LogP contribution < -0.4 is 10.2 Å². The number of anilines is 1. The van der Waals surface area contributed by atoms with Crippen molar-refractivity contribution in [1.82, 2.24) is 25.0 Å². The van der Waals surface area contributed by atoms with E-state index >= 15 is 0 Å². The van der Waals surface area contributed by atoms with Gasteiger partial charge in [-0.15, -0.1) is 0 Å². The summed E-state index contributed by atoms with van der Waals surface area (Å²) in [7, 11) is 3.89. The number of piperidine rings is 1. The maximum Gasteiger partial charge on any atom is 0.317 e. The van der Waals surface area contributed by atoms with Crippen molar-refractivity contribution in [3.63, 3.8) is 0 Å². The zero-order valence-corrected chi connectivity index (χ0v) is 19.9. The number of aromatic nitrogens is 3. The van der Waals surface area contributed by atoms with Crippen LogP contribution in [-0.2, 0) is 12.1 Å². The molecule has 2 amide bonds. The summed E-state index contributed by atoms with van der Waals surface area (Å²) in [4.78, 5) is 20.9. The zero-order chi connectivity index (χ0) is 23.3. The zero-order valence-electron chi connectivity index (χ0n) is 19.1. The highest BCUT2D eigenvalue weighted by molar-refractivity contribution is 6.31. The van der Waals surface area contributed by atoms with Gasteiger partial charge in [0.25, 0.3) is 0 Å². The number of hydrogen-bond donors (Lipinski definition) is 2. The number of nitrogens with zero attached hydrogens (tertiary/aromatic N) is 5. The average molecular weight is 469 g/mol. The molecule has 33 heavy (non-hydrogen) atoms. The van der Waals surface area contributed by atoms with Gasteiger partial charge in [0, 0.05) is 55.9 Å². The first-order valence-electron chi connectivity index (χ1n) is 11.3. The Morgan fingerprint density at radius 1 is 1.27 bits per heavy atom. The van der Waals surface area contributed by atoms with E-state index in [0.29, 0.717) is 24.7 Å². The van der Waals surface area contributed by atoms with Crippen molar-refractivity contribution >= 4 is 34.4 Å². The van der Waals surface area contributed by atoms with Gasteiger partial charge in [0.1, 0.15) is 11.9 Å². The van der Waals surface area contributed by atoms with Crippen LogP contribution in [0.25, 0.3) is 10.9 Å². The van der Waals surface area contributed by atoms with E-state index in [1.807, 2.05) is 59.0 Å². The van der Waals surface area contributed by atoms with Crippen LogP contribution in [0.3, 0.4) is 0 Å². The first-order chi connectivity index (χ1) is 15.8. The molecule has 0 saturated carbocycles. The molecular weight excluding hydrogens is 440 g/mol. The van der Waals surface area contributed by atoms with Crippen LogP contribution in [0.5, 0.6) is 0 Å². The molecule has 5 rings (SSSR count). The van der Waals surface area contributed by atoms with Gasteiger partial charge in [-0.2, -0.15) is 5.10 Å². The first kappa shape index (κ1) is 22.0. The Balaban J connectivity index is 1.22. The highest BCUT2D eigenvalue weighted by Gasteiger charge is 2.50. The fraction of sp³-hybridized carbons (Fsp3) is 0.458. The van der Waals surface area contributed by atoms with Gasteiger partial charge in [0.15, 0.2) is 0 Å². The van der Waals surface area contributed by atoms with E-state index in [-0.39, 0.29) is 11.9 Å². The topological polar surface area (TPSA) is 86.5 Å². The van der Waals surface area contributed by atoms with Crippen LogP contribution in [0.15, 0.2) is 36.7 Å². The van der Waals surface area contributed by atoms with Gasteiger partial charge in [-0.05, 0) is 49.4 Å². The van der Waals surface area contributed by atoms with Gasteiger partial charge in [-0.3, -0.25) is 4.68 Å². The molecule has 1 saturated heterocycles. The molecule has 2 N–H and O–H groups in total. The minimum Gasteiger partial charge on any atom is -0.386 e. The molecule has 2 aliphatic rings. The molecule has 174 valence electrons. The van der Waals surface area contributed by atoms with Crippen LogP contribution in [0, 0.1) is 5.92 Å². The van der Waals surface area contributed by atoms with Crippen molar-refractivity contribution in [3.8, 4) is 0 Å². The third-order valence-corrected chi connectivity index (χ3v) is 7.50. The van der Waals surface area contributed by atoms with E-state index in [9.17, 15) is 9.90 Å². The van der Waals surface area contributed by atoms with E-state index in [1.54, 1.807) is 6.20 Å². The first-order valence-corrected chi connectivity index (χ1v) is 11.7. The molecule has 0 spiro atoms. The summed E-state index contributed by atoms with van der Waals surface area (Å²) in [6.45, 7) is 3.79. The summed E-state index contributed by atoms with van der Waals surface area (Å²) < 4.78 is 1.98. The molecule has 4 heterocycles. The van der Waals surface area contributed by atoms with Crippen molar-refractivity contribution in [2.75, 3.05) is 32.1 Å². The number of aliphatic hydroxyl groups is 1. The predicted octanol–water partition coefficient (Wildman–Crippen LogP) is 3.53. The Hall–Kier alpha value is -2.84. The van der Waals surface area contributed by atoms with Gasteiger partial charge >= 0.3 is 6.03 Å². The number of amides is 2. The van der Waals surface area contributed by atoms with E-state index in [4.69, 9.17) is 11.6 Å². The number of hydrogen-bond acceptors (Lipinski definition) is 5. The highest BCUT2D eigenvalue weighted by atomic mass is 35.5. The summed E-state index contributed by atoms with van der Waals surface area (Å²) in [6.07, 6.45) is 4.52. The molecule has 9 heteroatoms. The maximum atomic E-state index is 12.8. The Morgan fingerprint density at radius 3 is 2.70 bits per heavy atom. The smallest absolute Gasteiger partial charge is 0.317 e. The number of halogens is 1. The van der Waals surface area contributed by atoms with E-state index in [2.05, 4.69) is 22.3 Å². The maximum absolute atomic E-state index is 12.8. The lowest BCUT2D eigenvalue weighted by atomic mass is 9.75. The molecule has 1 unspecified atom stereocenters. The number of carbonyl (C=O) groups is 1. The largest absolute Gasteiger partial charge is 0.386 e. The van der Waals surface area contributed by atoms with Crippen LogP contribution in [0.1, 0.15) is 37.0 Å². The molecule has 0 radical (unpaired) electrons. The van der Waals surface area contributed by atoms with E-state index in [1.165, 1.54) is 0 Å². The molecule has 2 aromatic heterocycles. The third kappa shape index (κ3) is 3.61. The van der Waals surface area contributed by atoms with Crippen molar-refractivity contribution in [2.24, 2.45) is 5.92 Å². The average Bonchev–Trinajstić information content (AvgIpc) is 3.34. The molecule has 3 aromatic rings. The fourth-order valence-corrected chi connectivity index (χ4v) is 5.54. The van der Waals surface area contributed by atoms with Gasteiger partial charge < -0.3 is 20.2 Å². The lowest BCUT2D eigenvalue weighted by Gasteiger charge is -2.42. The van der Waals surface area contributed by atoms with Crippen molar-refractivity contribution in [1.29, 1.82) is 0 Å². The standard InChI is InChI=1S/C24H29ClN6O2/c1-24(22(32)19-11-18(25)10-16-14-28-31(24)21(16)19)17-6-8-30(9-7-17)23(33)27-13-15-4-5-20(26-12-15)29(2)3/h4-5,10-12,14,17,22,32H,6-9,13H2,1-3H3,(H,27,33)/t22-,24?/m1/s1. The Kier molecular flexibility index (Phi) is 5.45. The molecule has 0 bridgehead atoms. The van der Waals surface area contributed by atoms with Crippen LogP contribution >= 0.6 is 11.6 Å². The number of rotatable bonds is 4. The van der Waals surface area contributed by atoms with Crippen LogP contribution in [0.2, 0.25) is 5.02 Å². The summed E-state index contributed by atoms with van der Waals surface area (Å²) >= 11 is 6.27. The normalized spacial score (nSPS) is 22.7. The molecule has 0 aliphatic carbocycles. The van der Waals surface area contributed by atoms with E-state index in [0.717, 1.165) is 40.7 Å². The van der Waals surface area contributed by atoms with E-state index < -0.39 is 11.6 Å². The number of likely N-dealkylation sites (tertiary alicyclic amines) is 1. The molecule has 1 fully saturated rings. The van der Waals surface area contributed by atoms with Gasteiger partial charge in [0.05, 0.1) is 17.3 Å². The highest BCUT2D eigenvalue weighted by Crippen LogP contribution is 2.51. The second-order valence-electron chi connectivity index (χ2n) is 9.46. The van der Waals surface area contributed by atoms with Gasteiger partial charge in [-0.25, -0.2) is 9.78 Å². The second kappa shape index (κ2) is 8.18. The van der Waals surface area contributed by atoms with Crippen LogP contribution in [-0.4, -0.2) is 58.0 Å². The SMILES string of the molecule is CN(C)c1ccc(CNC(=O)N2CCC(C3(C)[C@H](O)c4cc(Cl)cc5cnn3c45)CC2)cn1. The molecule has 2 aliphatic heterocycles. The van der Waals surface area contributed by atoms with Crippen molar-refractivity contribution in [3.05, 3.63) is 52.8 Å². The molecule has 2 atom stereocenters. The van der Waals surface area contributed by atoms with Gasteiger partial charge in [0.2, 0.25) is 0 Å². The summed E-state index contributed by atoms with van der Waals surface area (Å²) in [5, 5.41) is 20.4. The van der Waals surface area contributed by atoms with Gasteiger partial charge in [-0.1, -0.05) is 17.7 Å². The Bertz CT molecular complexity index is 1190. The third-order valence-electron chi connectivity index (χ3n) is 7.28. The minimum atomic E-state index is -0.676. The Morgan fingerprint density at radius 2 is 2.03 bits per heavy atom. The Labute approximate surface area is 198 Å². The number of pyridine rings is 1. The lowest BCUT2D eigenvalue weighted by Crippen LogP contribution is -2.50. The predicted molar refractivity (Wildman–Crippen MR) is 128 cm³/mol. The minimum absolute atomic E-state index is 0.0705. The number of carbonyl (C=O) groups excluding carboxylic acids is 1. The number of urea groups is 1. The van der Waals surface area contributed by atoms with Crippen molar-refractivity contribution < 1.29 is 9.90 Å². The molecule has 1 aromatic carbocycles. The fourth-order valence-electron chi connectivity index (χ4n) is 5.31. The quantitative estimate of drug-likeness (QED) is 0.611. The summed E-state index contributed by atoms with van der Waals surface area (Å²) in [5.74, 6) is 1.07. The summed E-state index contributed by atoms with van der Waals surface area (Å²) in [5.41, 5.74) is 2.21. The lowest BCUT2D eigenvalue weighted by molar-refractivity contribution is -0.0116. The van der Waals surface area contributed by atoms with Crippen molar-refractivity contribution in [2.45, 2.75) is 38.0 Å². The molecule has 8 nitrogen and oxygen atoms in total. The molecular formula is C24H29ClN6O2. The number of nitrogens with one attached hydrogen (secondary N) is 1. The monoisotopic (exact) mass is 468 g/mol. The number of aliphatic hydroxyl groups excluding tert-OH is 1. The second-order valence-corrected chi connectivity index (χ2v) is 9.89. The van der Waals surface area contributed by atoms with Crippen LogP contribution in [0.4, 0.5) is 10.6 Å².